The normalized spacial score (nSPS) is 11.0. The van der Waals surface area contributed by atoms with Crippen molar-refractivity contribution < 1.29 is 13.9 Å². The van der Waals surface area contributed by atoms with E-state index < -0.39 is 5.97 Å². The molecule has 0 bridgehead atoms. The first-order valence-corrected chi connectivity index (χ1v) is 6.20. The van der Waals surface area contributed by atoms with Crippen molar-refractivity contribution in [2.75, 3.05) is 6.61 Å². The van der Waals surface area contributed by atoms with Gasteiger partial charge in [0.1, 0.15) is 5.69 Å². The Hall–Kier alpha value is -2.11. The number of carbonyl (C=O) groups excluding carboxylic acids is 1. The predicted octanol–water partition coefficient (Wildman–Crippen LogP) is 2.38. The molecule has 102 valence electrons. The minimum absolute atomic E-state index is 0.0700. The van der Waals surface area contributed by atoms with Crippen LogP contribution in [-0.4, -0.2) is 27.3 Å². The van der Waals surface area contributed by atoms with Gasteiger partial charge in [0, 0.05) is 13.2 Å². The van der Waals surface area contributed by atoms with Crippen LogP contribution in [0.4, 0.5) is 0 Å². The number of aryl methyl sites for hydroxylation is 1. The lowest BCUT2D eigenvalue weighted by molar-refractivity contribution is 0.0488. The lowest BCUT2D eigenvalue weighted by atomic mass is 10.1. The van der Waals surface area contributed by atoms with Crippen molar-refractivity contribution in [3.05, 3.63) is 23.7 Å². The first-order valence-electron chi connectivity index (χ1n) is 6.20. The van der Waals surface area contributed by atoms with Gasteiger partial charge < -0.3 is 9.15 Å². The molecule has 6 nitrogen and oxygen atoms in total. The second-order valence-electron chi connectivity index (χ2n) is 4.48. The number of carbonyl (C=O) groups is 1. The van der Waals surface area contributed by atoms with Crippen molar-refractivity contribution >= 4 is 5.97 Å². The van der Waals surface area contributed by atoms with Crippen molar-refractivity contribution in [2.24, 2.45) is 7.05 Å². The molecule has 2 rings (SSSR count). The molecule has 0 aliphatic carbocycles. The Kier molecular flexibility index (Phi) is 3.69. The van der Waals surface area contributed by atoms with Crippen LogP contribution in [0.25, 0.3) is 11.6 Å². The maximum Gasteiger partial charge on any atom is 0.376 e. The highest BCUT2D eigenvalue weighted by Gasteiger charge is 2.24. The van der Waals surface area contributed by atoms with E-state index in [1.807, 2.05) is 20.9 Å². The van der Waals surface area contributed by atoms with Crippen molar-refractivity contribution in [1.82, 2.24) is 14.8 Å². The first-order chi connectivity index (χ1) is 9.02. The topological polar surface area (TPSA) is 70.2 Å². The summed E-state index contributed by atoms with van der Waals surface area (Å²) in [5.41, 5.74) is 1.19. The first kappa shape index (κ1) is 13.3. The van der Waals surface area contributed by atoms with Gasteiger partial charge in [-0.2, -0.15) is 5.10 Å². The lowest BCUT2D eigenvalue weighted by Crippen LogP contribution is -2.07. The summed E-state index contributed by atoms with van der Waals surface area (Å²) in [5.74, 6) is 0.0892. The van der Waals surface area contributed by atoms with Gasteiger partial charge in [-0.25, -0.2) is 9.78 Å². The highest BCUT2D eigenvalue weighted by molar-refractivity contribution is 5.88. The number of aromatic nitrogens is 3. The number of rotatable bonds is 4. The Labute approximate surface area is 111 Å². The van der Waals surface area contributed by atoms with E-state index in [9.17, 15) is 4.79 Å². The molecule has 0 fully saturated rings. The molecule has 0 radical (unpaired) electrons. The van der Waals surface area contributed by atoms with Gasteiger partial charge in [-0.15, -0.1) is 0 Å². The molecule has 0 aromatic carbocycles. The summed E-state index contributed by atoms with van der Waals surface area (Å²) in [7, 11) is 1.81. The molecule has 0 saturated heterocycles. The highest BCUT2D eigenvalue weighted by atomic mass is 16.5. The minimum Gasteiger partial charge on any atom is -0.460 e. The minimum atomic E-state index is -0.485. The Morgan fingerprint density at radius 2 is 2.26 bits per heavy atom. The molecule has 2 heterocycles. The van der Waals surface area contributed by atoms with E-state index in [0.717, 1.165) is 0 Å². The van der Waals surface area contributed by atoms with Crippen molar-refractivity contribution in [3.63, 3.8) is 0 Å². The number of hydrogen-bond donors (Lipinski definition) is 0. The number of esters is 1. The van der Waals surface area contributed by atoms with Crippen LogP contribution in [0.2, 0.25) is 0 Å². The van der Waals surface area contributed by atoms with Gasteiger partial charge >= 0.3 is 5.97 Å². The number of nitrogens with zero attached hydrogens (tertiary/aromatic N) is 3. The fraction of sp³-hybridized carbons (Fsp3) is 0.462. The molecule has 0 atom stereocenters. The van der Waals surface area contributed by atoms with Gasteiger partial charge in [0.2, 0.25) is 11.7 Å². The van der Waals surface area contributed by atoms with Gasteiger partial charge in [-0.05, 0) is 18.9 Å². The molecule has 0 aliphatic heterocycles. The highest BCUT2D eigenvalue weighted by Crippen LogP contribution is 2.26. The van der Waals surface area contributed by atoms with E-state index in [1.54, 1.807) is 23.9 Å². The third-order valence-corrected chi connectivity index (χ3v) is 2.59. The smallest absolute Gasteiger partial charge is 0.376 e. The number of hydrogen-bond acceptors (Lipinski definition) is 5. The predicted molar refractivity (Wildman–Crippen MR) is 68.8 cm³/mol. The van der Waals surface area contributed by atoms with E-state index in [2.05, 4.69) is 10.1 Å². The van der Waals surface area contributed by atoms with Gasteiger partial charge in [0.25, 0.3) is 0 Å². The molecule has 0 aliphatic rings. The van der Waals surface area contributed by atoms with Gasteiger partial charge in [-0.1, -0.05) is 13.8 Å². The molecule has 0 saturated carbocycles. The monoisotopic (exact) mass is 263 g/mol. The summed E-state index contributed by atoms with van der Waals surface area (Å²) in [6.07, 6.45) is 1.79. The van der Waals surface area contributed by atoms with Crippen LogP contribution in [0, 0.1) is 0 Å². The lowest BCUT2D eigenvalue weighted by Gasteiger charge is -2.02. The molecule has 6 heteroatoms. The second kappa shape index (κ2) is 5.26. The van der Waals surface area contributed by atoms with E-state index >= 15 is 0 Å². The Morgan fingerprint density at radius 3 is 2.79 bits per heavy atom. The summed E-state index contributed by atoms with van der Waals surface area (Å²) in [4.78, 5) is 16.2. The largest absolute Gasteiger partial charge is 0.460 e. The zero-order valence-electron chi connectivity index (χ0n) is 11.5. The average Bonchev–Trinajstić information content (AvgIpc) is 2.94. The summed E-state index contributed by atoms with van der Waals surface area (Å²) < 4.78 is 12.2. The molecule has 0 N–H and O–H groups in total. The Morgan fingerprint density at radius 1 is 1.53 bits per heavy atom. The standard InChI is InChI=1S/C13H17N3O3/c1-5-18-13(17)11-10(8(2)3)14-12(19-11)9-6-7-16(4)15-9/h6-8H,5H2,1-4H3. The van der Waals surface area contributed by atoms with E-state index in [1.165, 1.54) is 0 Å². The maximum absolute atomic E-state index is 11.8. The van der Waals surface area contributed by atoms with Crippen LogP contribution in [0.1, 0.15) is 42.9 Å². The third kappa shape index (κ3) is 2.67. The molecule has 0 unspecified atom stereocenters. The van der Waals surface area contributed by atoms with Crippen LogP contribution in [-0.2, 0) is 11.8 Å². The van der Waals surface area contributed by atoms with E-state index in [4.69, 9.17) is 9.15 Å². The van der Waals surface area contributed by atoms with Gasteiger partial charge in [0.05, 0.1) is 12.3 Å². The van der Waals surface area contributed by atoms with Crippen LogP contribution >= 0.6 is 0 Å². The van der Waals surface area contributed by atoms with Crippen LogP contribution < -0.4 is 0 Å². The summed E-state index contributed by atoms with van der Waals surface area (Å²) in [5, 5.41) is 4.21. The van der Waals surface area contributed by atoms with Crippen LogP contribution in [0.15, 0.2) is 16.7 Å². The van der Waals surface area contributed by atoms with Crippen LogP contribution in [0.3, 0.4) is 0 Å². The quantitative estimate of drug-likeness (QED) is 0.792. The zero-order valence-corrected chi connectivity index (χ0v) is 11.5. The molecular formula is C13H17N3O3. The van der Waals surface area contributed by atoms with Crippen molar-refractivity contribution in [2.45, 2.75) is 26.7 Å². The van der Waals surface area contributed by atoms with Crippen molar-refractivity contribution in [1.29, 1.82) is 0 Å². The fourth-order valence-corrected chi connectivity index (χ4v) is 1.70. The molecule has 0 amide bonds. The summed E-state index contributed by atoms with van der Waals surface area (Å²) >= 11 is 0. The molecule has 2 aromatic rings. The zero-order chi connectivity index (χ0) is 14.0. The van der Waals surface area contributed by atoms with E-state index in [0.29, 0.717) is 23.9 Å². The molecule has 2 aromatic heterocycles. The molecular weight excluding hydrogens is 246 g/mol. The molecule has 0 spiro atoms. The average molecular weight is 263 g/mol. The van der Waals surface area contributed by atoms with Crippen molar-refractivity contribution in [3.8, 4) is 11.6 Å². The summed E-state index contributed by atoms with van der Waals surface area (Å²) in [6, 6.07) is 1.78. The second-order valence-corrected chi connectivity index (χ2v) is 4.48. The number of ether oxygens (including phenoxy) is 1. The fourth-order valence-electron chi connectivity index (χ4n) is 1.70. The third-order valence-electron chi connectivity index (χ3n) is 2.59. The Bertz CT molecular complexity index is 584. The van der Waals surface area contributed by atoms with Crippen LogP contribution in [0.5, 0.6) is 0 Å². The van der Waals surface area contributed by atoms with Gasteiger partial charge in [0.15, 0.2) is 0 Å². The number of oxazole rings is 1. The SMILES string of the molecule is CCOC(=O)c1oc(-c2ccn(C)n2)nc1C(C)C. The summed E-state index contributed by atoms with van der Waals surface area (Å²) in [6.45, 7) is 5.95. The Balaban J connectivity index is 2.43. The van der Waals surface area contributed by atoms with E-state index in [-0.39, 0.29) is 11.7 Å². The maximum atomic E-state index is 11.8. The molecule has 19 heavy (non-hydrogen) atoms. The van der Waals surface area contributed by atoms with Gasteiger partial charge in [-0.3, -0.25) is 4.68 Å².